The predicted molar refractivity (Wildman–Crippen MR) is 69.2 cm³/mol. The molecular formula is C14H15NO3. The summed E-state index contributed by atoms with van der Waals surface area (Å²) in [6, 6.07) is 5.10. The van der Waals surface area contributed by atoms with Gasteiger partial charge >= 0.3 is 5.97 Å². The van der Waals surface area contributed by atoms with E-state index in [9.17, 15) is 14.7 Å². The van der Waals surface area contributed by atoms with Crippen molar-refractivity contribution in [2.75, 3.05) is 0 Å². The van der Waals surface area contributed by atoms with Gasteiger partial charge in [-0.1, -0.05) is 13.0 Å². The zero-order chi connectivity index (χ0) is 13.3. The molecule has 0 saturated carbocycles. The summed E-state index contributed by atoms with van der Waals surface area (Å²) in [7, 11) is 0. The van der Waals surface area contributed by atoms with Gasteiger partial charge in [-0.3, -0.25) is 4.79 Å². The second-order valence-electron chi connectivity index (χ2n) is 4.30. The molecule has 0 aliphatic carbocycles. The fourth-order valence-electron chi connectivity index (χ4n) is 2.22. The number of carboxylic acid groups (broad SMARTS) is 1. The second kappa shape index (κ2) is 4.64. The molecule has 2 rings (SSSR count). The third-order valence-corrected chi connectivity index (χ3v) is 2.98. The molecule has 1 N–H and O–H groups in total. The number of aromatic carboxylic acids is 1. The molecular weight excluding hydrogens is 230 g/mol. The third-order valence-electron chi connectivity index (χ3n) is 2.98. The van der Waals surface area contributed by atoms with E-state index in [1.54, 1.807) is 12.3 Å². The van der Waals surface area contributed by atoms with E-state index in [-0.39, 0.29) is 11.3 Å². The van der Waals surface area contributed by atoms with Crippen LogP contribution in [0.5, 0.6) is 0 Å². The lowest BCUT2D eigenvalue weighted by molar-refractivity contribution is 0.0699. The number of fused-ring (bicyclic) bond motifs is 1. The number of aromatic nitrogens is 1. The Kier molecular flexibility index (Phi) is 3.19. The maximum absolute atomic E-state index is 11.6. The van der Waals surface area contributed by atoms with Crippen LogP contribution >= 0.6 is 0 Å². The molecule has 4 heteroatoms. The topological polar surface area (TPSA) is 59.3 Å². The van der Waals surface area contributed by atoms with Crippen molar-refractivity contribution in [2.45, 2.75) is 26.8 Å². The highest BCUT2D eigenvalue weighted by Gasteiger charge is 2.18. The van der Waals surface area contributed by atoms with Crippen molar-refractivity contribution in [1.29, 1.82) is 0 Å². The van der Waals surface area contributed by atoms with Gasteiger partial charge in [0.05, 0.1) is 5.56 Å². The third kappa shape index (κ3) is 1.90. The first kappa shape index (κ1) is 12.4. The molecule has 18 heavy (non-hydrogen) atoms. The van der Waals surface area contributed by atoms with Crippen LogP contribution in [0.1, 0.15) is 41.0 Å². The zero-order valence-electron chi connectivity index (χ0n) is 10.4. The van der Waals surface area contributed by atoms with E-state index in [4.69, 9.17) is 0 Å². The molecule has 0 radical (unpaired) electrons. The maximum Gasteiger partial charge on any atom is 0.336 e. The Hall–Kier alpha value is -2.10. The second-order valence-corrected chi connectivity index (χ2v) is 4.30. The van der Waals surface area contributed by atoms with Crippen LogP contribution in [0.3, 0.4) is 0 Å². The van der Waals surface area contributed by atoms with Crippen LogP contribution in [0.4, 0.5) is 0 Å². The number of carboxylic acids is 1. The van der Waals surface area contributed by atoms with Crippen LogP contribution in [0, 0.1) is 0 Å². The lowest BCUT2D eigenvalue weighted by Crippen LogP contribution is -2.00. The predicted octanol–water partition coefficient (Wildman–Crippen LogP) is 2.95. The van der Waals surface area contributed by atoms with Gasteiger partial charge in [0.25, 0.3) is 0 Å². The molecule has 0 aliphatic rings. The van der Waals surface area contributed by atoms with Gasteiger partial charge in [-0.15, -0.1) is 0 Å². The van der Waals surface area contributed by atoms with Crippen LogP contribution in [0.2, 0.25) is 0 Å². The van der Waals surface area contributed by atoms with Crippen molar-refractivity contribution in [2.24, 2.45) is 0 Å². The minimum Gasteiger partial charge on any atom is -0.478 e. The molecule has 0 bridgehead atoms. The Morgan fingerprint density at radius 1 is 1.28 bits per heavy atom. The van der Waals surface area contributed by atoms with Gasteiger partial charge in [0.15, 0.2) is 5.78 Å². The molecule has 2 aromatic rings. The van der Waals surface area contributed by atoms with Crippen molar-refractivity contribution >= 4 is 22.7 Å². The van der Waals surface area contributed by atoms with E-state index in [0.29, 0.717) is 10.9 Å². The summed E-state index contributed by atoms with van der Waals surface area (Å²) in [5, 5.41) is 9.75. The number of hydrogen-bond acceptors (Lipinski definition) is 2. The Morgan fingerprint density at radius 2 is 2.00 bits per heavy atom. The maximum atomic E-state index is 11.6. The average molecular weight is 245 g/mol. The summed E-state index contributed by atoms with van der Waals surface area (Å²) < 4.78 is 1.94. The highest BCUT2D eigenvalue weighted by molar-refractivity contribution is 6.14. The standard InChI is InChI=1S/C14H15NO3/c1-3-7-15-8-11(9(2)16)13-10(14(17)18)5-4-6-12(13)15/h4-6,8H,3,7H2,1-2H3,(H,17,18). The van der Waals surface area contributed by atoms with Gasteiger partial charge in [-0.2, -0.15) is 0 Å². The lowest BCUT2D eigenvalue weighted by atomic mass is 10.0. The van der Waals surface area contributed by atoms with Gasteiger partial charge in [0.1, 0.15) is 0 Å². The van der Waals surface area contributed by atoms with Crippen LogP contribution in [0.25, 0.3) is 10.9 Å². The fourth-order valence-corrected chi connectivity index (χ4v) is 2.22. The highest BCUT2D eigenvalue weighted by atomic mass is 16.4. The highest BCUT2D eigenvalue weighted by Crippen LogP contribution is 2.26. The van der Waals surface area contributed by atoms with Gasteiger partial charge in [0.2, 0.25) is 0 Å². The normalized spacial score (nSPS) is 10.8. The van der Waals surface area contributed by atoms with Gasteiger partial charge in [-0.05, 0) is 25.5 Å². The molecule has 94 valence electrons. The van der Waals surface area contributed by atoms with E-state index in [2.05, 4.69) is 0 Å². The molecule has 0 spiro atoms. The Balaban J connectivity index is 2.82. The zero-order valence-corrected chi connectivity index (χ0v) is 10.4. The monoisotopic (exact) mass is 245 g/mol. The van der Waals surface area contributed by atoms with E-state index >= 15 is 0 Å². The summed E-state index contributed by atoms with van der Waals surface area (Å²) in [6.45, 7) is 4.27. The van der Waals surface area contributed by atoms with Crippen molar-refractivity contribution in [3.8, 4) is 0 Å². The molecule has 0 saturated heterocycles. The number of hydrogen-bond donors (Lipinski definition) is 1. The molecule has 1 aromatic heterocycles. The SMILES string of the molecule is CCCn1cc(C(C)=O)c2c(C(=O)O)cccc21. The minimum absolute atomic E-state index is 0.108. The molecule has 0 atom stereocenters. The van der Waals surface area contributed by atoms with Crippen molar-refractivity contribution < 1.29 is 14.7 Å². The number of ketones is 1. The fraction of sp³-hybridized carbons (Fsp3) is 0.286. The van der Waals surface area contributed by atoms with E-state index in [1.165, 1.54) is 13.0 Å². The number of benzene rings is 1. The number of nitrogens with zero attached hydrogens (tertiary/aromatic N) is 1. The Morgan fingerprint density at radius 3 is 2.56 bits per heavy atom. The largest absolute Gasteiger partial charge is 0.478 e. The van der Waals surface area contributed by atoms with E-state index in [1.807, 2.05) is 17.6 Å². The number of rotatable bonds is 4. The first-order valence-corrected chi connectivity index (χ1v) is 5.92. The van der Waals surface area contributed by atoms with Gasteiger partial charge < -0.3 is 9.67 Å². The average Bonchev–Trinajstić information content (AvgIpc) is 2.69. The number of carbonyl (C=O) groups is 2. The van der Waals surface area contributed by atoms with Crippen molar-refractivity contribution in [3.63, 3.8) is 0 Å². The van der Waals surface area contributed by atoms with Crippen molar-refractivity contribution in [1.82, 2.24) is 4.57 Å². The first-order valence-electron chi connectivity index (χ1n) is 5.92. The molecule has 4 nitrogen and oxygen atoms in total. The first-order chi connectivity index (χ1) is 8.56. The summed E-state index contributed by atoms with van der Waals surface area (Å²) in [4.78, 5) is 22.9. The van der Waals surface area contributed by atoms with Crippen LogP contribution in [0.15, 0.2) is 24.4 Å². The molecule has 1 aromatic carbocycles. The van der Waals surface area contributed by atoms with Crippen LogP contribution in [-0.4, -0.2) is 21.4 Å². The van der Waals surface area contributed by atoms with Crippen LogP contribution in [-0.2, 0) is 6.54 Å². The van der Waals surface area contributed by atoms with Gasteiger partial charge in [-0.25, -0.2) is 4.79 Å². The molecule has 0 unspecified atom stereocenters. The summed E-state index contributed by atoms with van der Waals surface area (Å²) >= 11 is 0. The van der Waals surface area contributed by atoms with E-state index < -0.39 is 5.97 Å². The number of aryl methyl sites for hydroxylation is 1. The molecule has 0 aliphatic heterocycles. The molecule has 0 amide bonds. The van der Waals surface area contributed by atoms with Crippen molar-refractivity contribution in [3.05, 3.63) is 35.5 Å². The molecule has 1 heterocycles. The number of Topliss-reactive ketones (excluding diaryl/α,β-unsaturated/α-hetero) is 1. The van der Waals surface area contributed by atoms with E-state index in [0.717, 1.165) is 18.5 Å². The van der Waals surface area contributed by atoms with Gasteiger partial charge in [0, 0.05) is 29.2 Å². The Labute approximate surface area is 105 Å². The minimum atomic E-state index is -1.00. The van der Waals surface area contributed by atoms with Crippen LogP contribution < -0.4 is 0 Å². The Bertz CT molecular complexity index is 625. The lowest BCUT2D eigenvalue weighted by Gasteiger charge is -2.03. The summed E-state index contributed by atoms with van der Waals surface area (Å²) in [5.41, 5.74) is 1.48. The summed E-state index contributed by atoms with van der Waals surface area (Å²) in [6.07, 6.45) is 2.68. The number of carbonyl (C=O) groups excluding carboxylic acids is 1. The summed E-state index contributed by atoms with van der Waals surface area (Å²) in [5.74, 6) is -1.11. The molecule has 0 fully saturated rings. The smallest absolute Gasteiger partial charge is 0.336 e. The quantitative estimate of drug-likeness (QED) is 0.842.